The fourth-order valence-electron chi connectivity index (χ4n) is 2.46. The first kappa shape index (κ1) is 17.0. The molecule has 1 aromatic heterocycles. The van der Waals surface area contributed by atoms with Crippen molar-refractivity contribution in [1.29, 1.82) is 0 Å². The molecule has 0 saturated heterocycles. The number of carbonyl (C=O) groups is 1. The predicted octanol–water partition coefficient (Wildman–Crippen LogP) is 4.62. The van der Waals surface area contributed by atoms with Gasteiger partial charge in [0.05, 0.1) is 11.9 Å². The molecule has 0 bridgehead atoms. The molecule has 2 aromatic carbocycles. The summed E-state index contributed by atoms with van der Waals surface area (Å²) in [5, 5.41) is 3.36. The van der Waals surface area contributed by atoms with Crippen molar-refractivity contribution in [2.24, 2.45) is 0 Å². The molecule has 25 heavy (non-hydrogen) atoms. The van der Waals surface area contributed by atoms with Gasteiger partial charge in [0.1, 0.15) is 5.69 Å². The van der Waals surface area contributed by atoms with E-state index >= 15 is 0 Å². The van der Waals surface area contributed by atoms with Crippen molar-refractivity contribution < 1.29 is 4.79 Å². The minimum Gasteiger partial charge on any atom is -0.369 e. The molecular weight excluding hydrogens is 334 g/mol. The highest BCUT2D eigenvalue weighted by atomic mass is 35.5. The Morgan fingerprint density at radius 1 is 1.08 bits per heavy atom. The number of benzene rings is 2. The number of hydrogen-bond donors (Lipinski definition) is 1. The summed E-state index contributed by atoms with van der Waals surface area (Å²) in [6.45, 7) is 0.774. The summed E-state index contributed by atoms with van der Waals surface area (Å²) in [6, 6.07) is 20.8. The number of pyridine rings is 1. The summed E-state index contributed by atoms with van der Waals surface area (Å²) in [6.07, 6.45) is 1.70. The average Bonchev–Trinajstić information content (AvgIpc) is 2.62. The SMILES string of the molecule is CN(Cc1ccccc1)c1ccc(C(=O)Nc2cccc(Cl)c2)nc1. The summed E-state index contributed by atoms with van der Waals surface area (Å²) < 4.78 is 0. The monoisotopic (exact) mass is 351 g/mol. The normalized spacial score (nSPS) is 10.3. The lowest BCUT2D eigenvalue weighted by atomic mass is 10.2. The van der Waals surface area contributed by atoms with E-state index in [2.05, 4.69) is 27.3 Å². The largest absolute Gasteiger partial charge is 0.369 e. The molecule has 1 amide bonds. The molecule has 0 radical (unpaired) electrons. The van der Waals surface area contributed by atoms with Crippen LogP contribution >= 0.6 is 11.6 Å². The van der Waals surface area contributed by atoms with Gasteiger partial charge in [-0.25, -0.2) is 4.98 Å². The molecule has 3 rings (SSSR count). The van der Waals surface area contributed by atoms with E-state index in [0.717, 1.165) is 12.2 Å². The van der Waals surface area contributed by atoms with Gasteiger partial charge in [-0.1, -0.05) is 48.0 Å². The number of aromatic nitrogens is 1. The van der Waals surface area contributed by atoms with Gasteiger partial charge in [-0.15, -0.1) is 0 Å². The number of nitrogens with zero attached hydrogens (tertiary/aromatic N) is 2. The highest BCUT2D eigenvalue weighted by molar-refractivity contribution is 6.30. The first-order valence-electron chi connectivity index (χ1n) is 7.90. The molecule has 4 nitrogen and oxygen atoms in total. The van der Waals surface area contributed by atoms with Crippen LogP contribution in [0.1, 0.15) is 16.1 Å². The highest BCUT2D eigenvalue weighted by Gasteiger charge is 2.09. The Morgan fingerprint density at radius 3 is 2.56 bits per heavy atom. The molecule has 1 N–H and O–H groups in total. The van der Waals surface area contributed by atoms with E-state index in [1.807, 2.05) is 31.3 Å². The van der Waals surface area contributed by atoms with Crippen LogP contribution in [0.15, 0.2) is 72.9 Å². The number of halogens is 1. The molecule has 1 heterocycles. The van der Waals surface area contributed by atoms with Gasteiger partial charge in [0.25, 0.3) is 5.91 Å². The van der Waals surface area contributed by atoms with Crippen LogP contribution in [0.2, 0.25) is 5.02 Å². The Morgan fingerprint density at radius 2 is 1.88 bits per heavy atom. The molecule has 0 aliphatic heterocycles. The van der Waals surface area contributed by atoms with Gasteiger partial charge in [0.2, 0.25) is 0 Å². The van der Waals surface area contributed by atoms with E-state index in [-0.39, 0.29) is 5.91 Å². The van der Waals surface area contributed by atoms with Gasteiger partial charge < -0.3 is 10.2 Å². The topological polar surface area (TPSA) is 45.2 Å². The van der Waals surface area contributed by atoms with Gasteiger partial charge in [-0.2, -0.15) is 0 Å². The maximum absolute atomic E-state index is 12.3. The summed E-state index contributed by atoms with van der Waals surface area (Å²) in [7, 11) is 2.00. The van der Waals surface area contributed by atoms with Crippen LogP contribution in [0.25, 0.3) is 0 Å². The van der Waals surface area contributed by atoms with Crippen molar-refractivity contribution >= 4 is 28.9 Å². The highest BCUT2D eigenvalue weighted by Crippen LogP contribution is 2.17. The zero-order chi connectivity index (χ0) is 17.6. The summed E-state index contributed by atoms with van der Waals surface area (Å²) in [5.41, 5.74) is 3.16. The van der Waals surface area contributed by atoms with Crippen molar-refractivity contribution in [3.63, 3.8) is 0 Å². The predicted molar refractivity (Wildman–Crippen MR) is 102 cm³/mol. The third kappa shape index (κ3) is 4.58. The molecule has 0 unspecified atom stereocenters. The third-order valence-corrected chi connectivity index (χ3v) is 4.00. The van der Waals surface area contributed by atoms with Gasteiger partial charge in [-0.05, 0) is 35.9 Å². The zero-order valence-corrected chi connectivity index (χ0v) is 14.6. The maximum atomic E-state index is 12.3. The fourth-order valence-corrected chi connectivity index (χ4v) is 2.65. The van der Waals surface area contributed by atoms with E-state index < -0.39 is 0 Å². The molecule has 0 atom stereocenters. The van der Waals surface area contributed by atoms with Gasteiger partial charge >= 0.3 is 0 Å². The lowest BCUT2D eigenvalue weighted by Gasteiger charge is -2.19. The van der Waals surface area contributed by atoms with Gasteiger partial charge in [-0.3, -0.25) is 4.79 Å². The second kappa shape index (κ2) is 7.81. The minimum atomic E-state index is -0.264. The van der Waals surface area contributed by atoms with Crippen molar-refractivity contribution in [2.45, 2.75) is 6.54 Å². The molecular formula is C20H18ClN3O. The minimum absolute atomic E-state index is 0.264. The molecule has 3 aromatic rings. The third-order valence-electron chi connectivity index (χ3n) is 3.77. The first-order valence-corrected chi connectivity index (χ1v) is 8.27. The maximum Gasteiger partial charge on any atom is 0.274 e. The van der Waals surface area contributed by atoms with Crippen LogP contribution in [0.4, 0.5) is 11.4 Å². The van der Waals surface area contributed by atoms with Crippen LogP contribution in [0, 0.1) is 0 Å². The number of amides is 1. The Hall–Kier alpha value is -2.85. The Balaban J connectivity index is 1.66. The number of anilines is 2. The van der Waals surface area contributed by atoms with E-state index in [1.54, 1.807) is 36.5 Å². The van der Waals surface area contributed by atoms with E-state index in [9.17, 15) is 4.79 Å². The Labute approximate surface area is 152 Å². The summed E-state index contributed by atoms with van der Waals surface area (Å²) >= 11 is 5.92. The second-order valence-corrected chi connectivity index (χ2v) is 6.14. The van der Waals surface area contributed by atoms with E-state index in [0.29, 0.717) is 16.4 Å². The van der Waals surface area contributed by atoms with Crippen molar-refractivity contribution in [2.75, 3.05) is 17.3 Å². The van der Waals surface area contributed by atoms with E-state index in [1.165, 1.54) is 5.56 Å². The van der Waals surface area contributed by atoms with Gasteiger partial charge in [0, 0.05) is 24.3 Å². The molecule has 0 aliphatic carbocycles. The smallest absolute Gasteiger partial charge is 0.274 e. The van der Waals surface area contributed by atoms with Crippen molar-refractivity contribution in [1.82, 2.24) is 4.98 Å². The Bertz CT molecular complexity index is 850. The Kier molecular flexibility index (Phi) is 5.31. The lowest BCUT2D eigenvalue weighted by molar-refractivity contribution is 0.102. The number of nitrogens with one attached hydrogen (secondary N) is 1. The fraction of sp³-hybridized carbons (Fsp3) is 0.100. The lowest BCUT2D eigenvalue weighted by Crippen LogP contribution is -2.18. The van der Waals surface area contributed by atoms with Crippen LogP contribution in [0.5, 0.6) is 0 Å². The number of carbonyl (C=O) groups excluding carboxylic acids is 1. The average molecular weight is 352 g/mol. The van der Waals surface area contributed by atoms with Crippen molar-refractivity contribution in [3.8, 4) is 0 Å². The summed E-state index contributed by atoms with van der Waals surface area (Å²) in [4.78, 5) is 18.6. The van der Waals surface area contributed by atoms with Crippen LogP contribution in [-0.4, -0.2) is 17.9 Å². The first-order chi connectivity index (χ1) is 12.1. The molecule has 0 spiro atoms. The van der Waals surface area contributed by atoms with Gasteiger partial charge in [0.15, 0.2) is 0 Å². The molecule has 0 fully saturated rings. The molecule has 0 saturated carbocycles. The molecule has 5 heteroatoms. The molecule has 0 aliphatic rings. The van der Waals surface area contributed by atoms with Crippen LogP contribution < -0.4 is 10.2 Å². The summed E-state index contributed by atoms with van der Waals surface area (Å²) in [5.74, 6) is -0.264. The number of rotatable bonds is 5. The van der Waals surface area contributed by atoms with Crippen LogP contribution in [-0.2, 0) is 6.54 Å². The zero-order valence-electron chi connectivity index (χ0n) is 13.8. The van der Waals surface area contributed by atoms with E-state index in [4.69, 9.17) is 11.6 Å². The second-order valence-electron chi connectivity index (χ2n) is 5.71. The number of hydrogen-bond acceptors (Lipinski definition) is 3. The van der Waals surface area contributed by atoms with Crippen LogP contribution in [0.3, 0.4) is 0 Å². The quantitative estimate of drug-likeness (QED) is 0.729. The van der Waals surface area contributed by atoms with Crippen molar-refractivity contribution in [3.05, 3.63) is 89.2 Å². The standard InChI is InChI=1S/C20H18ClN3O/c1-24(14-15-6-3-2-4-7-15)18-10-11-19(22-13-18)20(25)23-17-9-5-8-16(21)12-17/h2-13H,14H2,1H3,(H,23,25). The molecule has 126 valence electrons.